The molecule has 20 heavy (non-hydrogen) atoms. The highest BCUT2D eigenvalue weighted by molar-refractivity contribution is 5.75. The summed E-state index contributed by atoms with van der Waals surface area (Å²) in [6, 6.07) is 0.434. The Morgan fingerprint density at radius 1 is 1.30 bits per heavy atom. The van der Waals surface area contributed by atoms with Gasteiger partial charge in [-0.05, 0) is 51.5 Å². The summed E-state index contributed by atoms with van der Waals surface area (Å²) in [6.07, 6.45) is 7.45. The van der Waals surface area contributed by atoms with Crippen LogP contribution in [0.15, 0.2) is 0 Å². The molecule has 0 saturated heterocycles. The lowest BCUT2D eigenvalue weighted by Crippen LogP contribution is -2.43. The summed E-state index contributed by atoms with van der Waals surface area (Å²) in [5.74, 6) is 0.825. The molecule has 0 spiro atoms. The molecule has 0 radical (unpaired) electrons. The van der Waals surface area contributed by atoms with E-state index in [-0.39, 0.29) is 12.0 Å². The highest BCUT2D eigenvalue weighted by atomic mass is 16.5. The van der Waals surface area contributed by atoms with Gasteiger partial charge in [-0.25, -0.2) is 0 Å². The van der Waals surface area contributed by atoms with Gasteiger partial charge in [-0.3, -0.25) is 4.79 Å². The quantitative estimate of drug-likeness (QED) is 0.624. The predicted molar refractivity (Wildman–Crippen MR) is 80.7 cm³/mol. The minimum Gasteiger partial charge on any atom is -0.465 e. The zero-order valence-electron chi connectivity index (χ0n) is 13.1. The van der Waals surface area contributed by atoms with Crippen LogP contribution in [0, 0.1) is 5.92 Å². The van der Waals surface area contributed by atoms with Gasteiger partial charge in [-0.15, -0.1) is 0 Å². The minimum atomic E-state index is -0.113. The number of esters is 1. The van der Waals surface area contributed by atoms with Crippen molar-refractivity contribution in [1.82, 2.24) is 10.2 Å². The largest absolute Gasteiger partial charge is 0.465 e. The first-order valence-electron chi connectivity index (χ1n) is 8.38. The van der Waals surface area contributed by atoms with Gasteiger partial charge in [0.05, 0.1) is 6.61 Å². The highest BCUT2D eigenvalue weighted by Gasteiger charge is 2.29. The van der Waals surface area contributed by atoms with Crippen LogP contribution >= 0.6 is 0 Å². The summed E-state index contributed by atoms with van der Waals surface area (Å²) < 4.78 is 5.19. The van der Waals surface area contributed by atoms with E-state index in [1.165, 1.54) is 38.6 Å². The summed E-state index contributed by atoms with van der Waals surface area (Å²) in [5, 5.41) is 3.44. The average molecular weight is 282 g/mol. The molecule has 0 aromatic carbocycles. The smallest absolute Gasteiger partial charge is 0.323 e. The van der Waals surface area contributed by atoms with Crippen LogP contribution in [0.4, 0.5) is 0 Å². The van der Waals surface area contributed by atoms with Gasteiger partial charge in [-0.1, -0.05) is 13.3 Å². The molecule has 2 saturated carbocycles. The molecule has 0 heterocycles. The van der Waals surface area contributed by atoms with Crippen molar-refractivity contribution in [2.75, 3.05) is 26.2 Å². The highest BCUT2D eigenvalue weighted by Crippen LogP contribution is 2.27. The standard InChI is InChI=1S/C16H30N2O2/c1-3-18(12-13-6-5-7-13)11-10-15(16(19)20-4-2)17-14-8-9-14/h13-15,17H,3-12H2,1-2H3. The Morgan fingerprint density at radius 2 is 2.05 bits per heavy atom. The molecule has 2 aliphatic carbocycles. The molecular weight excluding hydrogens is 252 g/mol. The molecular formula is C16H30N2O2. The molecule has 116 valence electrons. The molecule has 2 aliphatic rings. The van der Waals surface area contributed by atoms with Gasteiger partial charge in [0, 0.05) is 19.1 Å². The van der Waals surface area contributed by atoms with E-state index in [9.17, 15) is 4.79 Å². The monoisotopic (exact) mass is 282 g/mol. The second kappa shape index (κ2) is 7.99. The number of carbonyl (C=O) groups excluding carboxylic acids is 1. The van der Waals surface area contributed by atoms with E-state index in [1.807, 2.05) is 6.92 Å². The van der Waals surface area contributed by atoms with E-state index in [1.54, 1.807) is 0 Å². The summed E-state index contributed by atoms with van der Waals surface area (Å²) in [5.41, 5.74) is 0. The number of hydrogen-bond acceptors (Lipinski definition) is 4. The number of rotatable bonds is 10. The van der Waals surface area contributed by atoms with Crippen LogP contribution in [-0.2, 0) is 9.53 Å². The second-order valence-corrected chi connectivity index (χ2v) is 6.22. The van der Waals surface area contributed by atoms with E-state index in [4.69, 9.17) is 4.74 Å². The third-order valence-electron chi connectivity index (χ3n) is 4.51. The van der Waals surface area contributed by atoms with Crippen molar-refractivity contribution in [3.63, 3.8) is 0 Å². The maximum absolute atomic E-state index is 12.0. The first-order valence-corrected chi connectivity index (χ1v) is 8.38. The van der Waals surface area contributed by atoms with Crippen molar-refractivity contribution >= 4 is 5.97 Å². The molecule has 1 unspecified atom stereocenters. The Kier molecular flexibility index (Phi) is 6.30. The first-order chi connectivity index (χ1) is 9.72. The van der Waals surface area contributed by atoms with Gasteiger partial charge >= 0.3 is 5.97 Å². The molecule has 0 aliphatic heterocycles. The average Bonchev–Trinajstić information content (AvgIpc) is 3.19. The number of hydrogen-bond donors (Lipinski definition) is 1. The Hall–Kier alpha value is -0.610. The Bertz CT molecular complexity index is 301. The van der Waals surface area contributed by atoms with E-state index in [0.717, 1.165) is 25.4 Å². The SMILES string of the molecule is CCOC(=O)C(CCN(CC)CC1CCC1)NC1CC1. The maximum atomic E-state index is 12.0. The Balaban J connectivity index is 1.74. The summed E-state index contributed by atoms with van der Waals surface area (Å²) in [7, 11) is 0. The van der Waals surface area contributed by atoms with E-state index < -0.39 is 0 Å². The van der Waals surface area contributed by atoms with Gasteiger partial charge in [0.25, 0.3) is 0 Å². The molecule has 0 aromatic heterocycles. The predicted octanol–water partition coefficient (Wildman–Crippen LogP) is 2.18. The van der Waals surface area contributed by atoms with Crippen LogP contribution in [0.2, 0.25) is 0 Å². The third-order valence-corrected chi connectivity index (χ3v) is 4.51. The van der Waals surface area contributed by atoms with Crippen LogP contribution < -0.4 is 5.32 Å². The molecule has 1 atom stereocenters. The van der Waals surface area contributed by atoms with Gasteiger partial charge in [0.2, 0.25) is 0 Å². The fourth-order valence-electron chi connectivity index (χ4n) is 2.78. The number of ether oxygens (including phenoxy) is 1. The summed E-state index contributed by atoms with van der Waals surface area (Å²) >= 11 is 0. The van der Waals surface area contributed by atoms with Gasteiger partial charge in [-0.2, -0.15) is 0 Å². The fourth-order valence-corrected chi connectivity index (χ4v) is 2.78. The van der Waals surface area contributed by atoms with Crippen molar-refractivity contribution in [2.24, 2.45) is 5.92 Å². The maximum Gasteiger partial charge on any atom is 0.323 e. The minimum absolute atomic E-state index is 0.0703. The van der Waals surface area contributed by atoms with Crippen molar-refractivity contribution in [3.05, 3.63) is 0 Å². The molecule has 2 fully saturated rings. The normalized spacial score (nSPS) is 20.8. The zero-order chi connectivity index (χ0) is 14.4. The van der Waals surface area contributed by atoms with Crippen molar-refractivity contribution in [1.29, 1.82) is 0 Å². The lowest BCUT2D eigenvalue weighted by atomic mass is 9.85. The third kappa shape index (κ3) is 5.06. The Labute approximate surface area is 123 Å². The van der Waals surface area contributed by atoms with Crippen LogP contribution in [0.5, 0.6) is 0 Å². The van der Waals surface area contributed by atoms with E-state index in [2.05, 4.69) is 17.1 Å². The Morgan fingerprint density at radius 3 is 2.55 bits per heavy atom. The van der Waals surface area contributed by atoms with E-state index >= 15 is 0 Å². The summed E-state index contributed by atoms with van der Waals surface area (Å²) in [4.78, 5) is 14.5. The van der Waals surface area contributed by atoms with Crippen LogP contribution in [-0.4, -0.2) is 49.2 Å². The molecule has 1 N–H and O–H groups in total. The molecule has 0 bridgehead atoms. The van der Waals surface area contributed by atoms with Crippen molar-refractivity contribution in [3.8, 4) is 0 Å². The lowest BCUT2D eigenvalue weighted by molar-refractivity contribution is -0.146. The van der Waals surface area contributed by atoms with Crippen molar-refractivity contribution < 1.29 is 9.53 Å². The molecule has 4 nitrogen and oxygen atoms in total. The van der Waals surface area contributed by atoms with Crippen LogP contribution in [0.3, 0.4) is 0 Å². The molecule has 0 amide bonds. The summed E-state index contributed by atoms with van der Waals surface area (Å²) in [6.45, 7) is 7.84. The fraction of sp³-hybridized carbons (Fsp3) is 0.938. The molecule has 2 rings (SSSR count). The second-order valence-electron chi connectivity index (χ2n) is 6.22. The van der Waals surface area contributed by atoms with Gasteiger partial charge < -0.3 is 15.0 Å². The molecule has 4 heteroatoms. The van der Waals surface area contributed by atoms with Gasteiger partial charge in [0.1, 0.15) is 6.04 Å². The number of nitrogens with one attached hydrogen (secondary N) is 1. The van der Waals surface area contributed by atoms with Gasteiger partial charge in [0.15, 0.2) is 0 Å². The molecule has 0 aromatic rings. The van der Waals surface area contributed by atoms with Crippen LogP contribution in [0.1, 0.15) is 52.4 Å². The van der Waals surface area contributed by atoms with Crippen molar-refractivity contribution in [2.45, 2.75) is 64.5 Å². The number of nitrogens with zero attached hydrogens (tertiary/aromatic N) is 1. The van der Waals surface area contributed by atoms with Crippen LogP contribution in [0.25, 0.3) is 0 Å². The van der Waals surface area contributed by atoms with E-state index in [0.29, 0.717) is 12.6 Å². The first kappa shape index (κ1) is 15.8. The lowest BCUT2D eigenvalue weighted by Gasteiger charge is -2.32. The zero-order valence-corrected chi connectivity index (χ0v) is 13.1. The number of carbonyl (C=O) groups is 1. The topological polar surface area (TPSA) is 41.6 Å².